The van der Waals surface area contributed by atoms with Crippen LogP contribution >= 0.6 is 11.6 Å². The van der Waals surface area contributed by atoms with Crippen LogP contribution in [0.3, 0.4) is 0 Å². The number of carbonyl (C=O) groups excluding carboxylic acids is 2. The van der Waals surface area contributed by atoms with Crippen molar-refractivity contribution in [3.8, 4) is 0 Å². The number of nitrogens with zero attached hydrogens (tertiary/aromatic N) is 1. The molecule has 1 aromatic rings. The van der Waals surface area contributed by atoms with Crippen LogP contribution in [-0.4, -0.2) is 30.0 Å². The van der Waals surface area contributed by atoms with E-state index in [4.69, 9.17) is 16.3 Å². The van der Waals surface area contributed by atoms with Gasteiger partial charge >= 0.3 is 5.97 Å². The van der Waals surface area contributed by atoms with E-state index in [0.29, 0.717) is 11.8 Å². The first-order valence-corrected chi connectivity index (χ1v) is 8.72. The zero-order valence-corrected chi connectivity index (χ0v) is 14.3. The first-order valence-electron chi connectivity index (χ1n) is 8.34. The predicted octanol–water partition coefficient (Wildman–Crippen LogP) is 2.96. The molecule has 7 nitrogen and oxygen atoms in total. The monoisotopic (exact) mass is 366 g/mol. The smallest absolute Gasteiger partial charge is 0.309 e. The number of rotatable bonds is 6. The lowest BCUT2D eigenvalue weighted by Gasteiger charge is -2.19. The van der Waals surface area contributed by atoms with Crippen molar-refractivity contribution in [2.75, 3.05) is 13.2 Å². The van der Waals surface area contributed by atoms with Crippen LogP contribution in [0.25, 0.3) is 0 Å². The van der Waals surface area contributed by atoms with Crippen molar-refractivity contribution in [2.24, 2.45) is 17.8 Å². The Bertz CT molecular complexity index is 708. The van der Waals surface area contributed by atoms with Gasteiger partial charge in [0.2, 0.25) is 0 Å². The maximum atomic E-state index is 12.1. The van der Waals surface area contributed by atoms with Crippen molar-refractivity contribution in [3.63, 3.8) is 0 Å². The molecule has 8 heteroatoms. The van der Waals surface area contributed by atoms with E-state index in [1.807, 2.05) is 0 Å². The number of hydrogen-bond acceptors (Lipinski definition) is 5. The van der Waals surface area contributed by atoms with Crippen molar-refractivity contribution < 1.29 is 19.2 Å². The number of nitro benzene ring substituents is 1. The van der Waals surface area contributed by atoms with Gasteiger partial charge in [0.05, 0.1) is 28.0 Å². The van der Waals surface area contributed by atoms with E-state index in [-0.39, 0.29) is 41.3 Å². The van der Waals surface area contributed by atoms with Gasteiger partial charge in [-0.25, -0.2) is 0 Å². The molecule has 2 saturated carbocycles. The molecule has 2 bridgehead atoms. The third-order valence-electron chi connectivity index (χ3n) is 5.08. The fourth-order valence-electron chi connectivity index (χ4n) is 3.85. The summed E-state index contributed by atoms with van der Waals surface area (Å²) in [7, 11) is 0. The Kier molecular flexibility index (Phi) is 5.22. The molecule has 0 aliphatic heterocycles. The number of halogens is 1. The van der Waals surface area contributed by atoms with Crippen molar-refractivity contribution in [1.29, 1.82) is 0 Å². The van der Waals surface area contributed by atoms with E-state index >= 15 is 0 Å². The third kappa shape index (κ3) is 3.92. The van der Waals surface area contributed by atoms with Gasteiger partial charge in [-0.1, -0.05) is 18.0 Å². The predicted molar refractivity (Wildman–Crippen MR) is 90.3 cm³/mol. The Morgan fingerprint density at radius 2 is 2.12 bits per heavy atom. The minimum Gasteiger partial charge on any atom is -0.464 e. The largest absolute Gasteiger partial charge is 0.464 e. The van der Waals surface area contributed by atoms with E-state index in [1.54, 1.807) is 0 Å². The minimum atomic E-state index is -0.581. The lowest BCUT2D eigenvalue weighted by Crippen LogP contribution is -2.30. The van der Waals surface area contributed by atoms with Gasteiger partial charge in [-0.05, 0) is 37.2 Å². The van der Waals surface area contributed by atoms with Gasteiger partial charge in [0, 0.05) is 12.1 Å². The molecule has 1 N–H and O–H groups in total. The van der Waals surface area contributed by atoms with E-state index in [2.05, 4.69) is 5.32 Å². The van der Waals surface area contributed by atoms with E-state index in [0.717, 1.165) is 25.3 Å². The van der Waals surface area contributed by atoms with Crippen LogP contribution in [0.4, 0.5) is 5.69 Å². The Morgan fingerprint density at radius 3 is 2.72 bits per heavy atom. The Balaban J connectivity index is 1.43. The summed E-state index contributed by atoms with van der Waals surface area (Å²) >= 11 is 5.90. The van der Waals surface area contributed by atoms with Gasteiger partial charge in [-0.3, -0.25) is 19.7 Å². The molecule has 2 fully saturated rings. The number of benzene rings is 1. The molecule has 2 aliphatic rings. The minimum absolute atomic E-state index is 0.00526. The molecule has 3 unspecified atom stereocenters. The second-order valence-corrected chi connectivity index (χ2v) is 7.03. The molecule has 0 heterocycles. The Labute approximate surface area is 149 Å². The van der Waals surface area contributed by atoms with Crippen molar-refractivity contribution >= 4 is 29.2 Å². The molecular formula is C17H19ClN2O5. The average molecular weight is 367 g/mol. The number of esters is 1. The summed E-state index contributed by atoms with van der Waals surface area (Å²) in [5.74, 6) is 0.516. The number of amides is 1. The number of carbonyl (C=O) groups is 2. The lowest BCUT2D eigenvalue weighted by molar-refractivity contribution is -0.384. The summed E-state index contributed by atoms with van der Waals surface area (Å²) in [5.41, 5.74) is -0.0342. The van der Waals surface area contributed by atoms with Crippen LogP contribution in [0.5, 0.6) is 0 Å². The standard InChI is InChI=1S/C17H19ClN2O5/c18-15-9-12(20(23)24)3-4-13(15)16(21)19-5-6-25-17(22)14-8-10-1-2-11(14)7-10/h3-4,9-11,14H,1-2,5-8H2,(H,19,21). The van der Waals surface area contributed by atoms with Crippen LogP contribution in [-0.2, 0) is 9.53 Å². The highest BCUT2D eigenvalue weighted by Crippen LogP contribution is 2.48. The topological polar surface area (TPSA) is 98.5 Å². The molecule has 25 heavy (non-hydrogen) atoms. The van der Waals surface area contributed by atoms with Crippen LogP contribution in [0.2, 0.25) is 5.02 Å². The molecule has 0 aromatic heterocycles. The summed E-state index contributed by atoms with van der Waals surface area (Å²) in [6.07, 6.45) is 4.39. The summed E-state index contributed by atoms with van der Waals surface area (Å²) in [4.78, 5) is 34.2. The highest BCUT2D eigenvalue weighted by molar-refractivity contribution is 6.34. The van der Waals surface area contributed by atoms with Gasteiger partial charge in [-0.2, -0.15) is 0 Å². The average Bonchev–Trinajstić information content (AvgIpc) is 3.21. The molecule has 0 saturated heterocycles. The fraction of sp³-hybridized carbons (Fsp3) is 0.529. The van der Waals surface area contributed by atoms with E-state index in [1.165, 1.54) is 18.6 Å². The Morgan fingerprint density at radius 1 is 1.32 bits per heavy atom. The third-order valence-corrected chi connectivity index (χ3v) is 5.39. The maximum absolute atomic E-state index is 12.1. The molecule has 2 aliphatic carbocycles. The summed E-state index contributed by atoms with van der Waals surface area (Å²) in [5, 5.41) is 13.3. The van der Waals surface area contributed by atoms with Crippen LogP contribution in [0, 0.1) is 27.9 Å². The Hall–Kier alpha value is -2.15. The van der Waals surface area contributed by atoms with Gasteiger partial charge < -0.3 is 10.1 Å². The maximum Gasteiger partial charge on any atom is 0.309 e. The molecule has 0 spiro atoms. The van der Waals surface area contributed by atoms with Gasteiger partial charge in [0.1, 0.15) is 6.61 Å². The number of nitrogens with one attached hydrogen (secondary N) is 1. The molecule has 1 amide bonds. The zero-order valence-electron chi connectivity index (χ0n) is 13.6. The van der Waals surface area contributed by atoms with Gasteiger partial charge in [-0.15, -0.1) is 0 Å². The quantitative estimate of drug-likeness (QED) is 0.361. The number of hydrogen-bond donors (Lipinski definition) is 1. The number of ether oxygens (including phenoxy) is 1. The van der Waals surface area contributed by atoms with Crippen molar-refractivity contribution in [1.82, 2.24) is 5.32 Å². The molecular weight excluding hydrogens is 348 g/mol. The molecule has 0 radical (unpaired) electrons. The molecule has 3 atom stereocenters. The molecule has 1 aromatic carbocycles. The van der Waals surface area contributed by atoms with E-state index in [9.17, 15) is 19.7 Å². The fourth-order valence-corrected chi connectivity index (χ4v) is 4.11. The number of non-ortho nitro benzene ring substituents is 1. The molecule has 134 valence electrons. The molecule has 3 rings (SSSR count). The normalized spacial score (nSPS) is 24.1. The SMILES string of the molecule is O=C(NCCOC(=O)C1CC2CCC1C2)c1ccc([N+](=O)[O-])cc1Cl. The van der Waals surface area contributed by atoms with Crippen LogP contribution in [0.1, 0.15) is 36.0 Å². The highest BCUT2D eigenvalue weighted by Gasteiger charge is 2.43. The second-order valence-electron chi connectivity index (χ2n) is 6.63. The van der Waals surface area contributed by atoms with Gasteiger partial charge in [0.15, 0.2) is 0 Å². The summed E-state index contributed by atoms with van der Waals surface area (Å²) < 4.78 is 5.27. The lowest BCUT2D eigenvalue weighted by atomic mass is 9.89. The second kappa shape index (κ2) is 7.39. The van der Waals surface area contributed by atoms with Crippen molar-refractivity contribution in [2.45, 2.75) is 25.7 Å². The number of nitro groups is 1. The van der Waals surface area contributed by atoms with Crippen LogP contribution < -0.4 is 5.32 Å². The first kappa shape index (κ1) is 17.7. The van der Waals surface area contributed by atoms with Crippen molar-refractivity contribution in [3.05, 3.63) is 38.9 Å². The van der Waals surface area contributed by atoms with Crippen LogP contribution in [0.15, 0.2) is 18.2 Å². The summed E-state index contributed by atoms with van der Waals surface area (Å²) in [6, 6.07) is 3.65. The highest BCUT2D eigenvalue weighted by atomic mass is 35.5. The van der Waals surface area contributed by atoms with Gasteiger partial charge in [0.25, 0.3) is 11.6 Å². The number of fused-ring (bicyclic) bond motifs is 2. The first-order chi connectivity index (χ1) is 12.0. The summed E-state index contributed by atoms with van der Waals surface area (Å²) in [6.45, 7) is 0.266. The van der Waals surface area contributed by atoms with E-state index < -0.39 is 10.8 Å². The zero-order chi connectivity index (χ0) is 18.0.